The van der Waals surface area contributed by atoms with Crippen LogP contribution in [-0.2, 0) is 22.4 Å². The van der Waals surface area contributed by atoms with E-state index in [1.165, 1.54) is 0 Å². The van der Waals surface area contributed by atoms with E-state index >= 15 is 0 Å². The van der Waals surface area contributed by atoms with Gasteiger partial charge in [-0.25, -0.2) is 4.79 Å². The van der Waals surface area contributed by atoms with Gasteiger partial charge in [0, 0.05) is 12.1 Å². The first-order valence-corrected chi connectivity index (χ1v) is 10.2. The summed E-state index contributed by atoms with van der Waals surface area (Å²) in [5, 5.41) is 5.59. The molecule has 0 spiro atoms. The summed E-state index contributed by atoms with van der Waals surface area (Å²) < 4.78 is 10.7. The first kappa shape index (κ1) is 20.7. The number of nitrogens with zero attached hydrogens (tertiary/aromatic N) is 1. The van der Waals surface area contributed by atoms with E-state index in [0.29, 0.717) is 11.5 Å². The molecule has 4 amide bonds. The van der Waals surface area contributed by atoms with Crippen LogP contribution in [0.25, 0.3) is 0 Å². The third-order valence-electron chi connectivity index (χ3n) is 5.65. The van der Waals surface area contributed by atoms with Gasteiger partial charge in [0.15, 0.2) is 11.5 Å². The zero-order chi connectivity index (χ0) is 22.2. The Hall–Kier alpha value is -3.55. The largest absolute Gasteiger partial charge is 0.454 e. The number of ether oxygens (including phenoxy) is 2. The Morgan fingerprint density at radius 1 is 1.19 bits per heavy atom. The Bertz CT molecular complexity index is 1070. The van der Waals surface area contributed by atoms with Gasteiger partial charge < -0.3 is 20.1 Å². The van der Waals surface area contributed by atoms with E-state index in [2.05, 4.69) is 10.6 Å². The van der Waals surface area contributed by atoms with Gasteiger partial charge in [0.2, 0.25) is 12.7 Å². The minimum atomic E-state index is -1.15. The number of carbonyl (C=O) groups excluding carboxylic acids is 3. The number of aryl methyl sites for hydroxylation is 2. The number of benzene rings is 2. The number of hydrogen-bond acceptors (Lipinski definition) is 5. The maximum absolute atomic E-state index is 13.1. The van der Waals surface area contributed by atoms with E-state index in [1.54, 1.807) is 19.1 Å². The fraction of sp³-hybridized carbons (Fsp3) is 0.348. The maximum atomic E-state index is 13.1. The van der Waals surface area contributed by atoms with Gasteiger partial charge >= 0.3 is 6.03 Å². The molecule has 1 unspecified atom stereocenters. The lowest BCUT2D eigenvalue weighted by atomic mass is 9.92. The molecule has 31 heavy (non-hydrogen) atoms. The lowest BCUT2D eigenvalue weighted by Crippen LogP contribution is -2.46. The number of imide groups is 1. The number of rotatable bonds is 6. The van der Waals surface area contributed by atoms with Gasteiger partial charge in [-0.2, -0.15) is 0 Å². The molecule has 0 saturated carbocycles. The van der Waals surface area contributed by atoms with E-state index in [1.807, 2.05) is 38.1 Å². The molecular formula is C23H25N3O5. The zero-order valence-corrected chi connectivity index (χ0v) is 17.8. The number of nitrogens with one attached hydrogen (secondary N) is 2. The van der Waals surface area contributed by atoms with Crippen molar-refractivity contribution in [1.29, 1.82) is 0 Å². The van der Waals surface area contributed by atoms with Crippen LogP contribution in [0.2, 0.25) is 0 Å². The van der Waals surface area contributed by atoms with E-state index in [-0.39, 0.29) is 19.8 Å². The fourth-order valence-electron chi connectivity index (χ4n) is 3.99. The van der Waals surface area contributed by atoms with Crippen molar-refractivity contribution >= 4 is 23.5 Å². The van der Waals surface area contributed by atoms with Crippen molar-refractivity contribution in [1.82, 2.24) is 10.2 Å². The van der Waals surface area contributed by atoms with Crippen molar-refractivity contribution < 1.29 is 23.9 Å². The summed E-state index contributed by atoms with van der Waals surface area (Å²) in [6, 6.07) is 10.6. The van der Waals surface area contributed by atoms with Crippen LogP contribution in [0.4, 0.5) is 10.5 Å². The van der Waals surface area contributed by atoms with Crippen LogP contribution >= 0.6 is 0 Å². The maximum Gasteiger partial charge on any atom is 0.325 e. The Kier molecular flexibility index (Phi) is 5.31. The van der Waals surface area contributed by atoms with E-state index in [4.69, 9.17) is 9.47 Å². The quantitative estimate of drug-likeness (QED) is 0.697. The van der Waals surface area contributed by atoms with Crippen LogP contribution in [0.3, 0.4) is 0 Å². The van der Waals surface area contributed by atoms with Gasteiger partial charge in [-0.3, -0.25) is 14.5 Å². The number of anilines is 1. The molecule has 2 aliphatic heterocycles. The van der Waals surface area contributed by atoms with Crippen LogP contribution in [0.15, 0.2) is 36.4 Å². The second-order valence-electron chi connectivity index (χ2n) is 8.03. The number of amides is 4. The summed E-state index contributed by atoms with van der Waals surface area (Å²) in [5.41, 5.74) is 2.32. The number of fused-ring (bicyclic) bond motifs is 1. The van der Waals surface area contributed by atoms with Crippen molar-refractivity contribution in [2.75, 3.05) is 18.7 Å². The van der Waals surface area contributed by atoms with Crippen LogP contribution in [0.5, 0.6) is 11.5 Å². The summed E-state index contributed by atoms with van der Waals surface area (Å²) in [4.78, 5) is 39.2. The first-order chi connectivity index (χ1) is 14.8. The average molecular weight is 423 g/mol. The molecule has 2 heterocycles. The van der Waals surface area contributed by atoms with Gasteiger partial charge in [0.1, 0.15) is 12.1 Å². The van der Waals surface area contributed by atoms with Crippen LogP contribution in [-0.4, -0.2) is 41.6 Å². The highest BCUT2D eigenvalue weighted by molar-refractivity contribution is 6.10. The third-order valence-corrected chi connectivity index (χ3v) is 5.65. The molecule has 2 aromatic carbocycles. The summed E-state index contributed by atoms with van der Waals surface area (Å²) in [5.74, 6) is 0.404. The van der Waals surface area contributed by atoms with Crippen molar-refractivity contribution in [3.05, 3.63) is 53.1 Å². The smallest absolute Gasteiger partial charge is 0.325 e. The molecule has 2 N–H and O–H groups in total. The van der Waals surface area contributed by atoms with E-state index < -0.39 is 23.4 Å². The Morgan fingerprint density at radius 2 is 1.97 bits per heavy atom. The second kappa shape index (κ2) is 7.94. The molecule has 0 aromatic heterocycles. The highest BCUT2D eigenvalue weighted by Crippen LogP contribution is 2.34. The lowest BCUT2D eigenvalue weighted by molar-refractivity contribution is -0.133. The molecule has 8 heteroatoms. The van der Waals surface area contributed by atoms with Gasteiger partial charge in [-0.05, 0) is 49.1 Å². The van der Waals surface area contributed by atoms with Gasteiger partial charge in [0.05, 0.1) is 0 Å². The summed E-state index contributed by atoms with van der Waals surface area (Å²) in [6.07, 6.45) is 1.03. The number of para-hydroxylation sites is 1. The molecule has 0 bridgehead atoms. The van der Waals surface area contributed by atoms with E-state index in [9.17, 15) is 14.4 Å². The molecule has 2 aliphatic rings. The zero-order valence-electron chi connectivity index (χ0n) is 17.8. The molecule has 4 rings (SSSR count). The average Bonchev–Trinajstić information content (AvgIpc) is 3.27. The molecular weight excluding hydrogens is 398 g/mol. The topological polar surface area (TPSA) is 97.0 Å². The lowest BCUT2D eigenvalue weighted by Gasteiger charge is -2.22. The normalized spacial score (nSPS) is 19.5. The van der Waals surface area contributed by atoms with E-state index in [0.717, 1.165) is 33.7 Å². The predicted molar refractivity (Wildman–Crippen MR) is 114 cm³/mol. The Balaban J connectivity index is 1.46. The third kappa shape index (κ3) is 3.93. The van der Waals surface area contributed by atoms with Gasteiger partial charge in [-0.15, -0.1) is 0 Å². The highest BCUT2D eigenvalue weighted by Gasteiger charge is 2.48. The fourth-order valence-corrected chi connectivity index (χ4v) is 3.99. The van der Waals surface area contributed by atoms with Crippen molar-refractivity contribution in [2.45, 2.75) is 39.2 Å². The monoisotopic (exact) mass is 423 g/mol. The predicted octanol–water partition coefficient (Wildman–Crippen LogP) is 2.78. The van der Waals surface area contributed by atoms with Crippen LogP contribution < -0.4 is 20.1 Å². The van der Waals surface area contributed by atoms with Crippen molar-refractivity contribution in [3.63, 3.8) is 0 Å². The summed E-state index contributed by atoms with van der Waals surface area (Å²) in [6.45, 7) is 5.38. The minimum Gasteiger partial charge on any atom is -0.454 e. The number of hydrogen-bond donors (Lipinski definition) is 2. The summed E-state index contributed by atoms with van der Waals surface area (Å²) >= 11 is 0. The number of carbonyl (C=O) groups is 3. The summed E-state index contributed by atoms with van der Waals surface area (Å²) in [7, 11) is 0. The van der Waals surface area contributed by atoms with Crippen LogP contribution in [0, 0.1) is 6.92 Å². The SMILES string of the molecule is CCc1cccc(C)c1NC(=O)CN1C(=O)NC(C)(Cc2ccc3c(c2)OCO3)C1=O. The Labute approximate surface area is 180 Å². The molecule has 0 radical (unpaired) electrons. The molecule has 1 atom stereocenters. The molecule has 1 saturated heterocycles. The van der Waals surface area contributed by atoms with Crippen LogP contribution in [0.1, 0.15) is 30.5 Å². The van der Waals surface area contributed by atoms with Crippen molar-refractivity contribution in [2.24, 2.45) is 0 Å². The molecule has 162 valence electrons. The highest BCUT2D eigenvalue weighted by atomic mass is 16.7. The second-order valence-corrected chi connectivity index (χ2v) is 8.03. The molecule has 0 aliphatic carbocycles. The van der Waals surface area contributed by atoms with Gasteiger partial charge in [0.25, 0.3) is 5.91 Å². The first-order valence-electron chi connectivity index (χ1n) is 10.2. The minimum absolute atomic E-state index is 0.162. The van der Waals surface area contributed by atoms with Gasteiger partial charge in [-0.1, -0.05) is 31.2 Å². The molecule has 1 fully saturated rings. The molecule has 8 nitrogen and oxygen atoms in total. The standard InChI is InChI=1S/C23H25N3O5/c1-4-16-7-5-6-14(2)20(16)24-19(27)12-26-21(28)23(3,25-22(26)29)11-15-8-9-17-18(10-15)31-13-30-17/h5-10H,4,11-13H2,1-3H3,(H,24,27)(H,25,29). The van der Waals surface area contributed by atoms with Crippen molar-refractivity contribution in [3.8, 4) is 11.5 Å². The Morgan fingerprint density at radius 3 is 2.74 bits per heavy atom. The number of urea groups is 1. The molecule has 2 aromatic rings.